The number of aromatic nitrogens is 1. The average molecular weight is 283 g/mol. The fraction of sp³-hybridized carbons (Fsp3) is 0.250. The Morgan fingerprint density at radius 1 is 1.05 bits per heavy atom. The second-order valence-electron chi connectivity index (χ2n) is 4.93. The lowest BCUT2D eigenvalue weighted by atomic mass is 10.2. The zero-order valence-electron chi connectivity index (χ0n) is 11.6. The molecular formula is C16H17N3O2. The van der Waals surface area contributed by atoms with E-state index in [1.807, 2.05) is 36.4 Å². The smallest absolute Gasteiger partial charge is 0.253 e. The monoisotopic (exact) mass is 283 g/mol. The molecule has 1 saturated heterocycles. The van der Waals surface area contributed by atoms with E-state index >= 15 is 0 Å². The Hall–Kier alpha value is -2.40. The maximum atomic E-state index is 11.9. The normalized spacial score (nSPS) is 17.4. The SMILES string of the molecule is O=C(Nc1ccc(Nc2ccncc2)cc1)[C@H]1CCCO1. The van der Waals surface area contributed by atoms with Crippen LogP contribution in [-0.4, -0.2) is 23.6 Å². The van der Waals surface area contributed by atoms with Gasteiger partial charge in [-0.3, -0.25) is 9.78 Å². The molecule has 2 aromatic rings. The third-order valence-corrected chi connectivity index (χ3v) is 3.34. The molecule has 3 rings (SSSR count). The molecule has 1 aromatic heterocycles. The van der Waals surface area contributed by atoms with Crippen LogP contribution in [0.4, 0.5) is 17.1 Å². The van der Waals surface area contributed by atoms with E-state index in [0.29, 0.717) is 6.61 Å². The van der Waals surface area contributed by atoms with Crippen molar-refractivity contribution in [1.29, 1.82) is 0 Å². The van der Waals surface area contributed by atoms with E-state index in [-0.39, 0.29) is 12.0 Å². The first-order valence-electron chi connectivity index (χ1n) is 7.01. The van der Waals surface area contributed by atoms with Crippen molar-refractivity contribution in [3.05, 3.63) is 48.8 Å². The zero-order valence-corrected chi connectivity index (χ0v) is 11.6. The van der Waals surface area contributed by atoms with Crippen LogP contribution in [0, 0.1) is 0 Å². The Morgan fingerprint density at radius 2 is 1.71 bits per heavy atom. The molecule has 2 heterocycles. The zero-order chi connectivity index (χ0) is 14.5. The molecular weight excluding hydrogens is 266 g/mol. The number of nitrogens with one attached hydrogen (secondary N) is 2. The van der Waals surface area contributed by atoms with Gasteiger partial charge in [-0.15, -0.1) is 0 Å². The van der Waals surface area contributed by atoms with Crippen molar-refractivity contribution in [1.82, 2.24) is 4.98 Å². The van der Waals surface area contributed by atoms with E-state index in [2.05, 4.69) is 15.6 Å². The molecule has 5 heteroatoms. The van der Waals surface area contributed by atoms with Crippen molar-refractivity contribution < 1.29 is 9.53 Å². The topological polar surface area (TPSA) is 63.2 Å². The number of rotatable bonds is 4. The Labute approximate surface area is 123 Å². The number of hydrogen-bond donors (Lipinski definition) is 2. The van der Waals surface area contributed by atoms with Crippen LogP contribution in [0.25, 0.3) is 0 Å². The molecule has 5 nitrogen and oxygen atoms in total. The molecule has 0 spiro atoms. The predicted molar refractivity (Wildman–Crippen MR) is 81.6 cm³/mol. The van der Waals surface area contributed by atoms with Gasteiger partial charge >= 0.3 is 0 Å². The standard InChI is InChI=1S/C16H17N3O2/c20-16(15-2-1-11-21-15)19-13-5-3-12(4-6-13)18-14-7-9-17-10-8-14/h3-10,15H,1-2,11H2,(H,17,18)(H,19,20)/t15-/m1/s1. The summed E-state index contributed by atoms with van der Waals surface area (Å²) < 4.78 is 5.36. The fourth-order valence-corrected chi connectivity index (χ4v) is 2.25. The number of ether oxygens (including phenoxy) is 1. The van der Waals surface area contributed by atoms with Gasteiger partial charge in [0.05, 0.1) is 0 Å². The second-order valence-corrected chi connectivity index (χ2v) is 4.93. The van der Waals surface area contributed by atoms with Crippen LogP contribution in [-0.2, 0) is 9.53 Å². The largest absolute Gasteiger partial charge is 0.368 e. The van der Waals surface area contributed by atoms with Crippen molar-refractivity contribution in [3.63, 3.8) is 0 Å². The predicted octanol–water partition coefficient (Wildman–Crippen LogP) is 2.94. The van der Waals surface area contributed by atoms with Gasteiger partial charge in [-0.05, 0) is 49.2 Å². The quantitative estimate of drug-likeness (QED) is 0.905. The number of benzene rings is 1. The molecule has 1 atom stereocenters. The van der Waals surface area contributed by atoms with Crippen LogP contribution in [0.1, 0.15) is 12.8 Å². The molecule has 0 saturated carbocycles. The van der Waals surface area contributed by atoms with Crippen molar-refractivity contribution >= 4 is 23.0 Å². The second kappa shape index (κ2) is 6.37. The van der Waals surface area contributed by atoms with Gasteiger partial charge in [0, 0.05) is 36.1 Å². The van der Waals surface area contributed by atoms with Gasteiger partial charge in [0.25, 0.3) is 5.91 Å². The molecule has 0 bridgehead atoms. The summed E-state index contributed by atoms with van der Waals surface area (Å²) in [4.78, 5) is 15.9. The molecule has 21 heavy (non-hydrogen) atoms. The number of nitrogens with zero attached hydrogens (tertiary/aromatic N) is 1. The summed E-state index contributed by atoms with van der Waals surface area (Å²) in [6, 6.07) is 11.4. The Morgan fingerprint density at radius 3 is 2.38 bits per heavy atom. The van der Waals surface area contributed by atoms with E-state index in [1.54, 1.807) is 12.4 Å². The number of pyridine rings is 1. The van der Waals surface area contributed by atoms with Gasteiger partial charge in [-0.25, -0.2) is 0 Å². The third-order valence-electron chi connectivity index (χ3n) is 3.34. The molecule has 108 valence electrons. The molecule has 1 fully saturated rings. The highest BCUT2D eigenvalue weighted by Gasteiger charge is 2.23. The average Bonchev–Trinajstić information content (AvgIpc) is 3.05. The third kappa shape index (κ3) is 3.58. The first-order valence-corrected chi connectivity index (χ1v) is 7.01. The van der Waals surface area contributed by atoms with Crippen LogP contribution >= 0.6 is 0 Å². The Kier molecular flexibility index (Phi) is 4.12. The van der Waals surface area contributed by atoms with Gasteiger partial charge in [-0.2, -0.15) is 0 Å². The summed E-state index contributed by atoms with van der Waals surface area (Å²) in [5.74, 6) is -0.0673. The summed E-state index contributed by atoms with van der Waals surface area (Å²) in [5.41, 5.74) is 2.70. The highest BCUT2D eigenvalue weighted by molar-refractivity contribution is 5.94. The number of amides is 1. The van der Waals surface area contributed by atoms with Crippen LogP contribution < -0.4 is 10.6 Å². The van der Waals surface area contributed by atoms with Gasteiger partial charge in [0.15, 0.2) is 0 Å². The fourth-order valence-electron chi connectivity index (χ4n) is 2.25. The number of carbonyl (C=O) groups is 1. The number of anilines is 3. The number of hydrogen-bond acceptors (Lipinski definition) is 4. The van der Waals surface area contributed by atoms with E-state index in [1.165, 1.54) is 0 Å². The van der Waals surface area contributed by atoms with Crippen molar-refractivity contribution in [3.8, 4) is 0 Å². The summed E-state index contributed by atoms with van der Waals surface area (Å²) in [7, 11) is 0. The first-order chi connectivity index (χ1) is 10.3. The van der Waals surface area contributed by atoms with E-state index in [4.69, 9.17) is 4.74 Å². The van der Waals surface area contributed by atoms with E-state index in [9.17, 15) is 4.79 Å². The lowest BCUT2D eigenvalue weighted by Crippen LogP contribution is -2.26. The minimum Gasteiger partial charge on any atom is -0.368 e. The molecule has 0 unspecified atom stereocenters. The molecule has 1 aliphatic rings. The van der Waals surface area contributed by atoms with Crippen molar-refractivity contribution in [2.75, 3.05) is 17.2 Å². The maximum Gasteiger partial charge on any atom is 0.253 e. The molecule has 2 N–H and O–H groups in total. The van der Waals surface area contributed by atoms with Crippen LogP contribution in [0.2, 0.25) is 0 Å². The minimum absolute atomic E-state index is 0.0673. The lowest BCUT2D eigenvalue weighted by Gasteiger charge is -2.11. The molecule has 1 amide bonds. The summed E-state index contributed by atoms with van der Waals surface area (Å²) in [5, 5.41) is 6.14. The van der Waals surface area contributed by atoms with Gasteiger partial charge in [0.2, 0.25) is 0 Å². The van der Waals surface area contributed by atoms with Crippen LogP contribution in [0.5, 0.6) is 0 Å². The molecule has 0 radical (unpaired) electrons. The maximum absolute atomic E-state index is 11.9. The van der Waals surface area contributed by atoms with E-state index < -0.39 is 0 Å². The minimum atomic E-state index is -0.306. The van der Waals surface area contributed by atoms with Crippen LogP contribution in [0.15, 0.2) is 48.8 Å². The van der Waals surface area contributed by atoms with Crippen molar-refractivity contribution in [2.45, 2.75) is 18.9 Å². The van der Waals surface area contributed by atoms with Crippen LogP contribution in [0.3, 0.4) is 0 Å². The number of carbonyl (C=O) groups excluding carboxylic acids is 1. The lowest BCUT2D eigenvalue weighted by molar-refractivity contribution is -0.124. The molecule has 1 aliphatic heterocycles. The highest BCUT2D eigenvalue weighted by Crippen LogP contribution is 2.19. The van der Waals surface area contributed by atoms with Gasteiger partial charge in [0.1, 0.15) is 6.10 Å². The molecule has 1 aromatic carbocycles. The van der Waals surface area contributed by atoms with Crippen molar-refractivity contribution in [2.24, 2.45) is 0 Å². The van der Waals surface area contributed by atoms with E-state index in [0.717, 1.165) is 29.9 Å². The first kappa shape index (κ1) is 13.6. The highest BCUT2D eigenvalue weighted by atomic mass is 16.5. The summed E-state index contributed by atoms with van der Waals surface area (Å²) in [6.07, 6.45) is 4.91. The Balaban J connectivity index is 1.60. The van der Waals surface area contributed by atoms with Gasteiger partial charge < -0.3 is 15.4 Å². The summed E-state index contributed by atoms with van der Waals surface area (Å²) >= 11 is 0. The van der Waals surface area contributed by atoms with Gasteiger partial charge in [-0.1, -0.05) is 0 Å². The summed E-state index contributed by atoms with van der Waals surface area (Å²) in [6.45, 7) is 0.673. The Bertz CT molecular complexity index is 593. The molecule has 0 aliphatic carbocycles.